The minimum absolute atomic E-state index is 0.127. The van der Waals surface area contributed by atoms with Gasteiger partial charge in [0.15, 0.2) is 0 Å². The molecule has 0 atom stereocenters. The number of nitrogens with one attached hydrogen (secondary N) is 1. The highest BCUT2D eigenvalue weighted by molar-refractivity contribution is 7.92. The van der Waals surface area contributed by atoms with E-state index in [9.17, 15) is 8.42 Å². The smallest absolute Gasteiger partial charge is 0.261 e. The molecule has 2 rings (SSSR count). The first-order valence-corrected chi connectivity index (χ1v) is 7.91. The van der Waals surface area contributed by atoms with Crippen LogP contribution in [0.5, 0.6) is 0 Å². The number of rotatable bonds is 5. The summed E-state index contributed by atoms with van der Waals surface area (Å²) >= 11 is 0. The normalized spacial score (nSPS) is 11.2. The molecule has 0 aliphatic carbocycles. The van der Waals surface area contributed by atoms with Crippen molar-refractivity contribution in [1.29, 1.82) is 0 Å². The maximum atomic E-state index is 12.4. The molecule has 0 spiro atoms. The third kappa shape index (κ3) is 3.53. The maximum Gasteiger partial charge on any atom is 0.261 e. The fourth-order valence-electron chi connectivity index (χ4n) is 1.96. The minimum Gasteiger partial charge on any atom is -0.392 e. The Morgan fingerprint density at radius 2 is 1.81 bits per heavy atom. The molecule has 2 aromatic rings. The number of anilines is 2. The van der Waals surface area contributed by atoms with Gasteiger partial charge in [0.05, 0.1) is 22.9 Å². The molecule has 6 heteroatoms. The monoisotopic (exact) mass is 306 g/mol. The highest BCUT2D eigenvalue weighted by Gasteiger charge is 2.16. The van der Waals surface area contributed by atoms with Gasteiger partial charge in [0.1, 0.15) is 0 Å². The van der Waals surface area contributed by atoms with Gasteiger partial charge < -0.3 is 10.0 Å². The first-order chi connectivity index (χ1) is 9.94. The second kappa shape index (κ2) is 6.15. The number of sulfonamides is 1. The zero-order chi connectivity index (χ0) is 15.5. The lowest BCUT2D eigenvalue weighted by molar-refractivity contribution is 0.281. The quantitative estimate of drug-likeness (QED) is 0.887. The summed E-state index contributed by atoms with van der Waals surface area (Å²) < 4.78 is 27.5. The summed E-state index contributed by atoms with van der Waals surface area (Å²) in [6.45, 7) is -0.197. The number of hydrogen-bond acceptors (Lipinski definition) is 4. The average Bonchev–Trinajstić information content (AvgIpc) is 2.47. The summed E-state index contributed by atoms with van der Waals surface area (Å²) in [5, 5.41) is 9.11. The van der Waals surface area contributed by atoms with Crippen LogP contribution in [0.2, 0.25) is 0 Å². The van der Waals surface area contributed by atoms with Gasteiger partial charge in [0, 0.05) is 14.1 Å². The zero-order valence-electron chi connectivity index (χ0n) is 11.9. The van der Waals surface area contributed by atoms with Crippen LogP contribution in [0.15, 0.2) is 53.4 Å². The van der Waals surface area contributed by atoms with E-state index in [1.165, 1.54) is 12.1 Å². The Labute approximate surface area is 124 Å². The van der Waals surface area contributed by atoms with Crippen LogP contribution in [0.25, 0.3) is 0 Å². The van der Waals surface area contributed by atoms with Crippen LogP contribution in [0, 0.1) is 0 Å². The Hall–Kier alpha value is -2.05. The topological polar surface area (TPSA) is 69.6 Å². The Morgan fingerprint density at radius 3 is 2.48 bits per heavy atom. The fourth-order valence-corrected chi connectivity index (χ4v) is 3.11. The summed E-state index contributed by atoms with van der Waals surface area (Å²) in [5.74, 6) is 0. The largest absolute Gasteiger partial charge is 0.392 e. The van der Waals surface area contributed by atoms with Gasteiger partial charge in [-0.1, -0.05) is 24.3 Å². The molecule has 0 aliphatic rings. The van der Waals surface area contributed by atoms with E-state index in [1.54, 1.807) is 24.3 Å². The van der Waals surface area contributed by atoms with Crippen LogP contribution in [0.3, 0.4) is 0 Å². The highest BCUT2D eigenvalue weighted by Crippen LogP contribution is 2.26. The molecule has 0 heterocycles. The Balaban J connectivity index is 2.38. The van der Waals surface area contributed by atoms with Crippen molar-refractivity contribution in [3.05, 3.63) is 54.1 Å². The molecule has 0 fully saturated rings. The third-order valence-electron chi connectivity index (χ3n) is 3.02. The SMILES string of the molecule is CN(C)c1ccccc1NS(=O)(=O)c1cccc(CO)c1. The van der Waals surface area contributed by atoms with E-state index in [1.807, 2.05) is 31.1 Å². The van der Waals surface area contributed by atoms with Gasteiger partial charge in [0.25, 0.3) is 10.0 Å². The van der Waals surface area contributed by atoms with Crippen molar-refractivity contribution in [2.24, 2.45) is 0 Å². The van der Waals surface area contributed by atoms with E-state index in [2.05, 4.69) is 4.72 Å². The van der Waals surface area contributed by atoms with Crippen LogP contribution in [0.1, 0.15) is 5.56 Å². The van der Waals surface area contributed by atoms with Gasteiger partial charge in [-0.2, -0.15) is 0 Å². The minimum atomic E-state index is -3.69. The lowest BCUT2D eigenvalue weighted by Gasteiger charge is -2.18. The van der Waals surface area contributed by atoms with Crippen molar-refractivity contribution in [3.8, 4) is 0 Å². The van der Waals surface area contributed by atoms with Crippen molar-refractivity contribution in [2.45, 2.75) is 11.5 Å². The standard InChI is InChI=1S/C15H18N2O3S/c1-17(2)15-9-4-3-8-14(15)16-21(19,20)13-7-5-6-12(10-13)11-18/h3-10,16,18H,11H2,1-2H3. The lowest BCUT2D eigenvalue weighted by atomic mass is 10.2. The molecule has 0 radical (unpaired) electrons. The fraction of sp³-hybridized carbons (Fsp3) is 0.200. The molecule has 0 bridgehead atoms. The molecular weight excluding hydrogens is 288 g/mol. The molecule has 0 aromatic heterocycles. The number of para-hydroxylation sites is 2. The molecule has 0 saturated heterocycles. The summed E-state index contributed by atoms with van der Waals surface area (Å²) in [5.41, 5.74) is 1.84. The molecule has 0 saturated carbocycles. The molecule has 0 aliphatic heterocycles. The van der Waals surface area contributed by atoms with Gasteiger partial charge >= 0.3 is 0 Å². The number of nitrogens with zero attached hydrogens (tertiary/aromatic N) is 1. The van der Waals surface area contributed by atoms with Crippen molar-refractivity contribution in [2.75, 3.05) is 23.7 Å². The second-order valence-corrected chi connectivity index (χ2v) is 6.50. The van der Waals surface area contributed by atoms with Gasteiger partial charge in [-0.15, -0.1) is 0 Å². The van der Waals surface area contributed by atoms with Crippen LogP contribution in [-0.4, -0.2) is 27.6 Å². The van der Waals surface area contributed by atoms with Crippen LogP contribution in [-0.2, 0) is 16.6 Å². The summed E-state index contributed by atoms with van der Waals surface area (Å²) in [6, 6.07) is 13.4. The predicted octanol–water partition coefficient (Wildman–Crippen LogP) is 2.05. The molecular formula is C15H18N2O3S. The Kier molecular flexibility index (Phi) is 4.50. The van der Waals surface area contributed by atoms with Crippen LogP contribution >= 0.6 is 0 Å². The number of aliphatic hydroxyl groups excluding tert-OH is 1. The average molecular weight is 306 g/mol. The van der Waals surface area contributed by atoms with E-state index in [4.69, 9.17) is 5.11 Å². The van der Waals surface area contributed by atoms with Gasteiger partial charge in [-0.05, 0) is 29.8 Å². The van der Waals surface area contributed by atoms with E-state index in [-0.39, 0.29) is 11.5 Å². The molecule has 2 N–H and O–H groups in total. The molecule has 2 aromatic carbocycles. The summed E-state index contributed by atoms with van der Waals surface area (Å²) in [4.78, 5) is 1.96. The van der Waals surface area contributed by atoms with Gasteiger partial charge in [-0.25, -0.2) is 8.42 Å². The van der Waals surface area contributed by atoms with Crippen molar-refractivity contribution in [3.63, 3.8) is 0 Å². The summed E-state index contributed by atoms with van der Waals surface area (Å²) in [7, 11) is 0.00376. The van der Waals surface area contributed by atoms with Crippen molar-refractivity contribution < 1.29 is 13.5 Å². The molecule has 21 heavy (non-hydrogen) atoms. The molecule has 5 nitrogen and oxygen atoms in total. The van der Waals surface area contributed by atoms with Crippen molar-refractivity contribution in [1.82, 2.24) is 0 Å². The maximum absolute atomic E-state index is 12.4. The van der Waals surface area contributed by atoms with Gasteiger partial charge in [0.2, 0.25) is 0 Å². The number of hydrogen-bond donors (Lipinski definition) is 2. The van der Waals surface area contributed by atoms with E-state index >= 15 is 0 Å². The van der Waals surface area contributed by atoms with E-state index in [0.29, 0.717) is 11.3 Å². The van der Waals surface area contributed by atoms with E-state index in [0.717, 1.165) is 5.69 Å². The lowest BCUT2D eigenvalue weighted by Crippen LogP contribution is -2.17. The third-order valence-corrected chi connectivity index (χ3v) is 4.38. The summed E-state index contributed by atoms with van der Waals surface area (Å²) in [6.07, 6.45) is 0. The zero-order valence-corrected chi connectivity index (χ0v) is 12.8. The first kappa shape index (κ1) is 15.3. The number of benzene rings is 2. The number of aliphatic hydroxyl groups is 1. The van der Waals surface area contributed by atoms with E-state index < -0.39 is 10.0 Å². The van der Waals surface area contributed by atoms with Gasteiger partial charge in [-0.3, -0.25) is 4.72 Å². The Morgan fingerprint density at radius 1 is 1.10 bits per heavy atom. The molecule has 112 valence electrons. The molecule has 0 amide bonds. The predicted molar refractivity (Wildman–Crippen MR) is 83.9 cm³/mol. The highest BCUT2D eigenvalue weighted by atomic mass is 32.2. The first-order valence-electron chi connectivity index (χ1n) is 6.43. The second-order valence-electron chi connectivity index (χ2n) is 4.82. The Bertz CT molecular complexity index is 727. The van der Waals surface area contributed by atoms with Crippen LogP contribution in [0.4, 0.5) is 11.4 Å². The van der Waals surface area contributed by atoms with Crippen molar-refractivity contribution >= 4 is 21.4 Å². The molecule has 0 unspecified atom stereocenters. The van der Waals surface area contributed by atoms with Crippen LogP contribution < -0.4 is 9.62 Å².